The summed E-state index contributed by atoms with van der Waals surface area (Å²) in [5.41, 5.74) is 9.38. The van der Waals surface area contributed by atoms with Crippen molar-refractivity contribution in [3.8, 4) is 5.75 Å². The summed E-state index contributed by atoms with van der Waals surface area (Å²) in [4.78, 5) is 0. The summed E-state index contributed by atoms with van der Waals surface area (Å²) < 4.78 is 18.6. The number of halogens is 1. The lowest BCUT2D eigenvalue weighted by Gasteiger charge is -2.16. The molecule has 106 valence electrons. The second kappa shape index (κ2) is 6.53. The smallest absolute Gasteiger partial charge is 0.123 e. The molecule has 0 aliphatic heterocycles. The standard InChI is InChI=1S/C17H20FNO/c1-12-4-3-5-13(10-12)6-8-16(19)15-11-14(18)7-9-17(15)20-2/h3-5,7,9-11,16H,6,8,19H2,1-2H3. The maximum absolute atomic E-state index is 13.3. The molecule has 0 aliphatic rings. The Morgan fingerprint density at radius 2 is 2.00 bits per heavy atom. The number of benzene rings is 2. The summed E-state index contributed by atoms with van der Waals surface area (Å²) in [7, 11) is 1.57. The maximum atomic E-state index is 13.3. The third kappa shape index (κ3) is 3.58. The number of methoxy groups -OCH3 is 1. The Labute approximate surface area is 119 Å². The van der Waals surface area contributed by atoms with Crippen LogP contribution in [-0.2, 0) is 6.42 Å². The van der Waals surface area contributed by atoms with Crippen molar-refractivity contribution in [3.05, 3.63) is 65.0 Å². The number of aryl methyl sites for hydroxylation is 2. The van der Waals surface area contributed by atoms with Crippen LogP contribution in [0, 0.1) is 12.7 Å². The van der Waals surface area contributed by atoms with Crippen molar-refractivity contribution in [2.24, 2.45) is 5.73 Å². The van der Waals surface area contributed by atoms with E-state index in [1.807, 2.05) is 6.07 Å². The van der Waals surface area contributed by atoms with E-state index in [4.69, 9.17) is 10.5 Å². The van der Waals surface area contributed by atoms with Gasteiger partial charge in [0.1, 0.15) is 11.6 Å². The summed E-state index contributed by atoms with van der Waals surface area (Å²) in [6.45, 7) is 2.07. The lowest BCUT2D eigenvalue weighted by molar-refractivity contribution is 0.402. The Morgan fingerprint density at radius 3 is 2.70 bits per heavy atom. The van der Waals surface area contributed by atoms with Crippen LogP contribution in [-0.4, -0.2) is 7.11 Å². The Kier molecular flexibility index (Phi) is 4.74. The molecule has 0 spiro atoms. The predicted molar refractivity (Wildman–Crippen MR) is 79.4 cm³/mol. The SMILES string of the molecule is COc1ccc(F)cc1C(N)CCc1cccc(C)c1. The largest absolute Gasteiger partial charge is 0.496 e. The van der Waals surface area contributed by atoms with Crippen molar-refractivity contribution in [2.75, 3.05) is 7.11 Å². The van der Waals surface area contributed by atoms with Gasteiger partial charge >= 0.3 is 0 Å². The van der Waals surface area contributed by atoms with Crippen LogP contribution in [0.5, 0.6) is 5.75 Å². The molecule has 1 unspecified atom stereocenters. The van der Waals surface area contributed by atoms with Gasteiger partial charge in [-0.05, 0) is 43.5 Å². The van der Waals surface area contributed by atoms with Crippen LogP contribution < -0.4 is 10.5 Å². The van der Waals surface area contributed by atoms with E-state index in [0.29, 0.717) is 5.75 Å². The van der Waals surface area contributed by atoms with Gasteiger partial charge in [0.2, 0.25) is 0 Å². The van der Waals surface area contributed by atoms with Crippen molar-refractivity contribution in [3.63, 3.8) is 0 Å². The van der Waals surface area contributed by atoms with Gasteiger partial charge in [-0.25, -0.2) is 4.39 Å². The molecule has 0 bridgehead atoms. The fourth-order valence-corrected chi connectivity index (χ4v) is 2.34. The minimum Gasteiger partial charge on any atom is -0.496 e. The predicted octanol–water partition coefficient (Wildman–Crippen LogP) is 3.78. The highest BCUT2D eigenvalue weighted by molar-refractivity contribution is 5.36. The molecule has 2 aromatic carbocycles. The van der Waals surface area contributed by atoms with Gasteiger partial charge in [-0.2, -0.15) is 0 Å². The molecule has 3 heteroatoms. The topological polar surface area (TPSA) is 35.2 Å². The summed E-state index contributed by atoms with van der Waals surface area (Å²) >= 11 is 0. The van der Waals surface area contributed by atoms with E-state index in [-0.39, 0.29) is 11.9 Å². The van der Waals surface area contributed by atoms with E-state index in [1.54, 1.807) is 13.2 Å². The summed E-state index contributed by atoms with van der Waals surface area (Å²) in [5.74, 6) is 0.356. The molecule has 0 radical (unpaired) electrons. The molecule has 0 fully saturated rings. The first-order chi connectivity index (χ1) is 9.60. The quantitative estimate of drug-likeness (QED) is 0.900. The Morgan fingerprint density at radius 1 is 1.20 bits per heavy atom. The Hall–Kier alpha value is -1.87. The molecule has 0 aromatic heterocycles. The maximum Gasteiger partial charge on any atom is 0.123 e. The van der Waals surface area contributed by atoms with E-state index in [1.165, 1.54) is 23.3 Å². The third-order valence-electron chi connectivity index (χ3n) is 3.42. The summed E-state index contributed by atoms with van der Waals surface area (Å²) in [6.07, 6.45) is 1.62. The van der Waals surface area contributed by atoms with E-state index in [9.17, 15) is 4.39 Å². The summed E-state index contributed by atoms with van der Waals surface area (Å²) in [5, 5.41) is 0. The van der Waals surface area contributed by atoms with Gasteiger partial charge in [0.15, 0.2) is 0 Å². The van der Waals surface area contributed by atoms with Crippen LogP contribution in [0.15, 0.2) is 42.5 Å². The fraction of sp³-hybridized carbons (Fsp3) is 0.294. The Bertz CT molecular complexity index is 583. The first-order valence-electron chi connectivity index (χ1n) is 6.74. The molecule has 0 saturated carbocycles. The molecule has 2 N–H and O–H groups in total. The van der Waals surface area contributed by atoms with Crippen molar-refractivity contribution in [1.82, 2.24) is 0 Å². The van der Waals surface area contributed by atoms with Crippen molar-refractivity contribution < 1.29 is 9.13 Å². The first-order valence-corrected chi connectivity index (χ1v) is 6.74. The first kappa shape index (κ1) is 14.5. The van der Waals surface area contributed by atoms with Gasteiger partial charge in [-0.3, -0.25) is 0 Å². The average Bonchev–Trinajstić information content (AvgIpc) is 2.45. The third-order valence-corrected chi connectivity index (χ3v) is 3.42. The number of nitrogens with two attached hydrogens (primary N) is 1. The Balaban J connectivity index is 2.08. The zero-order valence-electron chi connectivity index (χ0n) is 11.9. The van der Waals surface area contributed by atoms with Gasteiger partial charge < -0.3 is 10.5 Å². The lowest BCUT2D eigenvalue weighted by atomic mass is 9.98. The monoisotopic (exact) mass is 273 g/mol. The molecule has 2 rings (SSSR count). The van der Waals surface area contributed by atoms with Gasteiger partial charge in [0, 0.05) is 11.6 Å². The molecule has 0 amide bonds. The van der Waals surface area contributed by atoms with E-state index < -0.39 is 0 Å². The van der Waals surface area contributed by atoms with E-state index >= 15 is 0 Å². The number of rotatable bonds is 5. The number of hydrogen-bond donors (Lipinski definition) is 1. The van der Waals surface area contributed by atoms with Crippen LogP contribution in [0.4, 0.5) is 4.39 Å². The highest BCUT2D eigenvalue weighted by Gasteiger charge is 2.13. The van der Waals surface area contributed by atoms with Crippen LogP contribution >= 0.6 is 0 Å². The number of hydrogen-bond acceptors (Lipinski definition) is 2. The van der Waals surface area contributed by atoms with Crippen LogP contribution in [0.25, 0.3) is 0 Å². The van der Waals surface area contributed by atoms with Gasteiger partial charge in [0.25, 0.3) is 0 Å². The van der Waals surface area contributed by atoms with Gasteiger partial charge in [0.05, 0.1) is 7.11 Å². The summed E-state index contributed by atoms with van der Waals surface area (Å²) in [6, 6.07) is 12.6. The van der Waals surface area contributed by atoms with Crippen LogP contribution in [0.2, 0.25) is 0 Å². The van der Waals surface area contributed by atoms with Crippen molar-refractivity contribution in [2.45, 2.75) is 25.8 Å². The molecule has 1 atom stereocenters. The molecule has 0 aliphatic carbocycles. The molecule has 20 heavy (non-hydrogen) atoms. The minimum atomic E-state index is -0.285. The molecule has 2 nitrogen and oxygen atoms in total. The van der Waals surface area contributed by atoms with Crippen molar-refractivity contribution in [1.29, 1.82) is 0 Å². The van der Waals surface area contributed by atoms with Gasteiger partial charge in [-0.1, -0.05) is 29.8 Å². The van der Waals surface area contributed by atoms with Crippen LogP contribution in [0.3, 0.4) is 0 Å². The number of ether oxygens (including phenoxy) is 1. The second-order valence-corrected chi connectivity index (χ2v) is 5.02. The fourth-order valence-electron chi connectivity index (χ4n) is 2.34. The molecular formula is C17H20FNO. The average molecular weight is 273 g/mol. The zero-order chi connectivity index (χ0) is 14.5. The molecule has 2 aromatic rings. The zero-order valence-corrected chi connectivity index (χ0v) is 11.9. The molecular weight excluding hydrogens is 253 g/mol. The van der Waals surface area contributed by atoms with Crippen LogP contribution in [0.1, 0.15) is 29.2 Å². The van der Waals surface area contributed by atoms with Gasteiger partial charge in [-0.15, -0.1) is 0 Å². The van der Waals surface area contributed by atoms with Crippen molar-refractivity contribution >= 4 is 0 Å². The minimum absolute atomic E-state index is 0.235. The lowest BCUT2D eigenvalue weighted by Crippen LogP contribution is -2.13. The highest BCUT2D eigenvalue weighted by Crippen LogP contribution is 2.27. The normalized spacial score (nSPS) is 12.2. The van der Waals surface area contributed by atoms with E-state index in [0.717, 1.165) is 18.4 Å². The van der Waals surface area contributed by atoms with E-state index in [2.05, 4.69) is 25.1 Å². The molecule has 0 heterocycles. The second-order valence-electron chi connectivity index (χ2n) is 5.02. The highest BCUT2D eigenvalue weighted by atomic mass is 19.1. The molecule has 0 saturated heterocycles.